The molecule has 0 unspecified atom stereocenters. The molecule has 1 aliphatic carbocycles. The number of benzene rings is 1. The minimum absolute atomic E-state index is 0.187. The standard InChI is InChI=1S/C13H13F3N2O/c1-6-7(3-2-4-9(6)14)13(11(15)16)8-5-10(8)19-12(17)18-13/h2-4,8,10-11H,5H2,1H3,(H2,17,18)/t8-,10+,13+/m0/s1. The van der Waals surface area contributed by atoms with E-state index in [4.69, 9.17) is 10.5 Å². The first-order chi connectivity index (χ1) is 8.96. The van der Waals surface area contributed by atoms with Crippen molar-refractivity contribution in [2.24, 2.45) is 16.6 Å². The highest BCUT2D eigenvalue weighted by molar-refractivity contribution is 5.74. The molecule has 19 heavy (non-hydrogen) atoms. The van der Waals surface area contributed by atoms with Crippen molar-refractivity contribution < 1.29 is 17.9 Å². The van der Waals surface area contributed by atoms with Crippen molar-refractivity contribution in [3.63, 3.8) is 0 Å². The van der Waals surface area contributed by atoms with Gasteiger partial charge in [0.1, 0.15) is 11.9 Å². The van der Waals surface area contributed by atoms with Crippen molar-refractivity contribution in [2.45, 2.75) is 31.4 Å². The number of nitrogens with zero attached hydrogens (tertiary/aromatic N) is 1. The van der Waals surface area contributed by atoms with Crippen molar-refractivity contribution in [3.05, 3.63) is 35.1 Å². The van der Waals surface area contributed by atoms with Crippen molar-refractivity contribution in [2.75, 3.05) is 0 Å². The zero-order chi connectivity index (χ0) is 13.8. The summed E-state index contributed by atoms with van der Waals surface area (Å²) in [5.41, 5.74) is 4.10. The van der Waals surface area contributed by atoms with Gasteiger partial charge in [0.05, 0.1) is 0 Å². The molecule has 1 aromatic carbocycles. The fourth-order valence-electron chi connectivity index (χ4n) is 2.84. The van der Waals surface area contributed by atoms with E-state index in [9.17, 15) is 13.2 Å². The van der Waals surface area contributed by atoms with E-state index in [1.165, 1.54) is 25.1 Å². The van der Waals surface area contributed by atoms with Gasteiger partial charge >= 0.3 is 0 Å². The van der Waals surface area contributed by atoms with E-state index in [0.717, 1.165) is 0 Å². The summed E-state index contributed by atoms with van der Waals surface area (Å²) in [5.74, 6) is -0.963. The van der Waals surface area contributed by atoms with Crippen LogP contribution in [0.3, 0.4) is 0 Å². The lowest BCUT2D eigenvalue weighted by Crippen LogP contribution is -2.43. The van der Waals surface area contributed by atoms with E-state index in [0.29, 0.717) is 6.42 Å². The summed E-state index contributed by atoms with van der Waals surface area (Å²) in [4.78, 5) is 3.86. The Morgan fingerprint density at radius 2 is 2.21 bits per heavy atom. The molecular formula is C13H13F3N2O. The quantitative estimate of drug-likeness (QED) is 0.896. The highest BCUT2D eigenvalue weighted by Gasteiger charge is 2.63. The molecule has 1 aromatic rings. The predicted octanol–water partition coefficient (Wildman–Crippen LogP) is 2.33. The van der Waals surface area contributed by atoms with Crippen LogP contribution in [0.15, 0.2) is 23.2 Å². The van der Waals surface area contributed by atoms with Crippen LogP contribution in [0.5, 0.6) is 0 Å². The van der Waals surface area contributed by atoms with Crippen LogP contribution in [0.25, 0.3) is 0 Å². The number of hydrogen-bond acceptors (Lipinski definition) is 3. The summed E-state index contributed by atoms with van der Waals surface area (Å²) < 4.78 is 46.2. The minimum atomic E-state index is -2.76. The van der Waals surface area contributed by atoms with Crippen molar-refractivity contribution >= 4 is 6.02 Å². The van der Waals surface area contributed by atoms with Crippen molar-refractivity contribution in [1.82, 2.24) is 0 Å². The summed E-state index contributed by atoms with van der Waals surface area (Å²) in [7, 11) is 0. The van der Waals surface area contributed by atoms with E-state index >= 15 is 0 Å². The highest BCUT2D eigenvalue weighted by atomic mass is 19.3. The second kappa shape index (κ2) is 3.88. The first kappa shape index (κ1) is 12.3. The van der Waals surface area contributed by atoms with Gasteiger partial charge in [0, 0.05) is 5.92 Å². The Hall–Kier alpha value is -1.72. The predicted molar refractivity (Wildman–Crippen MR) is 63.4 cm³/mol. The van der Waals surface area contributed by atoms with Crippen LogP contribution in [-0.2, 0) is 10.3 Å². The third kappa shape index (κ3) is 1.62. The number of fused-ring (bicyclic) bond motifs is 1. The lowest BCUT2D eigenvalue weighted by atomic mass is 9.82. The molecule has 1 heterocycles. The molecule has 0 saturated heterocycles. The molecule has 1 fully saturated rings. The molecule has 3 nitrogen and oxygen atoms in total. The number of aliphatic imine (C=N–C) groups is 1. The number of hydrogen-bond donors (Lipinski definition) is 1. The number of amidine groups is 1. The summed E-state index contributed by atoms with van der Waals surface area (Å²) in [6.07, 6.45) is -2.63. The number of alkyl halides is 2. The summed E-state index contributed by atoms with van der Waals surface area (Å²) in [6, 6.07) is 3.90. The summed E-state index contributed by atoms with van der Waals surface area (Å²) in [5, 5.41) is 0. The zero-order valence-corrected chi connectivity index (χ0v) is 10.2. The normalized spacial score (nSPS) is 32.6. The Balaban J connectivity index is 2.22. The molecule has 3 rings (SSSR count). The maximum Gasteiger partial charge on any atom is 0.283 e. The van der Waals surface area contributed by atoms with E-state index in [2.05, 4.69) is 4.99 Å². The van der Waals surface area contributed by atoms with Crippen LogP contribution in [0.4, 0.5) is 13.2 Å². The first-order valence-electron chi connectivity index (χ1n) is 6.02. The molecule has 1 saturated carbocycles. The molecule has 0 aromatic heterocycles. The van der Waals surface area contributed by atoms with Crippen LogP contribution in [0.1, 0.15) is 17.5 Å². The molecule has 6 heteroatoms. The minimum Gasteiger partial charge on any atom is -0.462 e. The van der Waals surface area contributed by atoms with Crippen LogP contribution >= 0.6 is 0 Å². The van der Waals surface area contributed by atoms with Gasteiger partial charge < -0.3 is 10.5 Å². The highest BCUT2D eigenvalue weighted by Crippen LogP contribution is 2.56. The molecule has 0 amide bonds. The lowest BCUT2D eigenvalue weighted by Gasteiger charge is -2.34. The Morgan fingerprint density at radius 1 is 1.47 bits per heavy atom. The van der Waals surface area contributed by atoms with E-state index in [1.54, 1.807) is 0 Å². The van der Waals surface area contributed by atoms with Gasteiger partial charge in [0.25, 0.3) is 12.4 Å². The smallest absolute Gasteiger partial charge is 0.283 e. The van der Waals surface area contributed by atoms with Crippen LogP contribution in [0.2, 0.25) is 0 Å². The Morgan fingerprint density at radius 3 is 2.89 bits per heavy atom. The number of nitrogens with two attached hydrogens (primary N) is 1. The maximum absolute atomic E-state index is 13.7. The molecule has 0 spiro atoms. The van der Waals surface area contributed by atoms with Gasteiger partial charge in [-0.25, -0.2) is 18.2 Å². The maximum atomic E-state index is 13.7. The molecule has 1 aliphatic heterocycles. The average molecular weight is 270 g/mol. The van der Waals surface area contributed by atoms with Crippen molar-refractivity contribution in [3.8, 4) is 0 Å². The molecule has 3 atom stereocenters. The zero-order valence-electron chi connectivity index (χ0n) is 10.2. The van der Waals surface area contributed by atoms with Crippen LogP contribution in [-0.4, -0.2) is 18.6 Å². The van der Waals surface area contributed by atoms with Gasteiger partial charge in [-0.15, -0.1) is 0 Å². The molecule has 102 valence electrons. The second-order valence-corrected chi connectivity index (χ2v) is 4.99. The van der Waals surface area contributed by atoms with E-state index < -0.39 is 23.7 Å². The fraction of sp³-hybridized carbons (Fsp3) is 0.462. The Labute approximate surface area is 108 Å². The monoisotopic (exact) mass is 270 g/mol. The molecule has 2 aliphatic rings. The Bertz CT molecular complexity index is 561. The molecule has 0 radical (unpaired) electrons. The Kier molecular flexibility index (Phi) is 2.52. The van der Waals surface area contributed by atoms with Gasteiger partial charge in [-0.05, 0) is 30.5 Å². The average Bonchev–Trinajstić information content (AvgIpc) is 3.10. The van der Waals surface area contributed by atoms with Gasteiger partial charge in [0.15, 0.2) is 5.54 Å². The summed E-state index contributed by atoms with van der Waals surface area (Å²) >= 11 is 0. The van der Waals surface area contributed by atoms with E-state index in [1.807, 2.05) is 0 Å². The lowest BCUT2D eigenvalue weighted by molar-refractivity contribution is 0.0191. The second-order valence-electron chi connectivity index (χ2n) is 4.99. The topological polar surface area (TPSA) is 47.6 Å². The van der Waals surface area contributed by atoms with Gasteiger partial charge in [-0.2, -0.15) is 0 Å². The van der Waals surface area contributed by atoms with Crippen LogP contribution in [0, 0.1) is 18.7 Å². The number of ether oxygens (including phenoxy) is 1. The largest absolute Gasteiger partial charge is 0.462 e. The number of rotatable bonds is 2. The molecule has 0 bridgehead atoms. The van der Waals surface area contributed by atoms with Crippen LogP contribution < -0.4 is 5.73 Å². The van der Waals surface area contributed by atoms with Crippen molar-refractivity contribution in [1.29, 1.82) is 0 Å². The first-order valence-corrected chi connectivity index (χ1v) is 6.02. The third-order valence-corrected chi connectivity index (χ3v) is 3.90. The van der Waals surface area contributed by atoms with Gasteiger partial charge in [0.2, 0.25) is 0 Å². The third-order valence-electron chi connectivity index (χ3n) is 3.90. The SMILES string of the molecule is Cc1c(F)cccc1[C@@]1(C(F)F)N=C(N)O[C@@H]2C[C@@H]21. The molecule has 2 N–H and O–H groups in total. The van der Waals surface area contributed by atoms with Gasteiger partial charge in [-0.3, -0.25) is 0 Å². The number of halogens is 3. The van der Waals surface area contributed by atoms with Gasteiger partial charge in [-0.1, -0.05) is 12.1 Å². The summed E-state index contributed by atoms with van der Waals surface area (Å²) in [6.45, 7) is 1.48. The van der Waals surface area contributed by atoms with E-state index in [-0.39, 0.29) is 23.3 Å². The fourth-order valence-corrected chi connectivity index (χ4v) is 2.84. The molecular weight excluding hydrogens is 257 g/mol.